The molecule has 6 rings (SSSR count). The molecule has 2 aromatic heterocycles. The fourth-order valence-corrected chi connectivity index (χ4v) is 7.24. The van der Waals surface area contributed by atoms with E-state index in [1.54, 1.807) is 34.8 Å². The van der Waals surface area contributed by atoms with Gasteiger partial charge >= 0.3 is 0 Å². The lowest BCUT2D eigenvalue weighted by atomic mass is 10.0. The third-order valence-corrected chi connectivity index (χ3v) is 9.16. The van der Waals surface area contributed by atoms with E-state index in [1.165, 1.54) is 10.4 Å². The standard InChI is InChI=1S/C30H26ClN3O2S2/c1-36-24-13-11-23(12-14-24)34-29(35)27-25-15-16-33(17-20-5-3-2-4-6-20)18-26(25)38-28(27)32-30(34)37-19-21-7-9-22(31)10-8-21/h2-14H,15-19H2,1H3. The highest BCUT2D eigenvalue weighted by Crippen LogP contribution is 2.35. The molecule has 38 heavy (non-hydrogen) atoms. The quantitative estimate of drug-likeness (QED) is 0.159. The van der Waals surface area contributed by atoms with E-state index in [0.717, 1.165) is 58.8 Å². The minimum Gasteiger partial charge on any atom is -0.497 e. The molecule has 1 aliphatic heterocycles. The largest absolute Gasteiger partial charge is 0.497 e. The maximum Gasteiger partial charge on any atom is 0.267 e. The fraction of sp³-hybridized carbons (Fsp3) is 0.200. The Labute approximate surface area is 234 Å². The SMILES string of the molecule is COc1ccc(-n2c(SCc3ccc(Cl)cc3)nc3sc4c(c3c2=O)CCN(Cc2ccccc2)C4)cc1. The highest BCUT2D eigenvalue weighted by atomic mass is 35.5. The van der Waals surface area contributed by atoms with Crippen LogP contribution in [0.4, 0.5) is 0 Å². The van der Waals surface area contributed by atoms with Crippen LogP contribution in [-0.2, 0) is 25.3 Å². The average molecular weight is 560 g/mol. The van der Waals surface area contributed by atoms with Crippen molar-refractivity contribution in [2.75, 3.05) is 13.7 Å². The number of benzene rings is 3. The number of rotatable bonds is 7. The Hall–Kier alpha value is -3.10. The van der Waals surface area contributed by atoms with E-state index in [9.17, 15) is 4.79 Å². The number of hydrogen-bond acceptors (Lipinski definition) is 6. The summed E-state index contributed by atoms with van der Waals surface area (Å²) in [6.45, 7) is 2.66. The first-order chi connectivity index (χ1) is 18.6. The number of methoxy groups -OCH3 is 1. The lowest BCUT2D eigenvalue weighted by Crippen LogP contribution is -2.30. The van der Waals surface area contributed by atoms with Gasteiger partial charge in [0.05, 0.1) is 18.2 Å². The smallest absolute Gasteiger partial charge is 0.267 e. The first kappa shape index (κ1) is 25.2. The summed E-state index contributed by atoms with van der Waals surface area (Å²) in [5.41, 5.74) is 4.36. The molecule has 0 amide bonds. The maximum atomic E-state index is 14.1. The van der Waals surface area contributed by atoms with Gasteiger partial charge in [0, 0.05) is 35.3 Å². The number of fused-ring (bicyclic) bond motifs is 3. The number of nitrogens with zero attached hydrogens (tertiary/aromatic N) is 3. The summed E-state index contributed by atoms with van der Waals surface area (Å²) in [4.78, 5) is 23.7. The Balaban J connectivity index is 1.39. The van der Waals surface area contributed by atoms with Gasteiger partial charge in [0.15, 0.2) is 5.16 Å². The van der Waals surface area contributed by atoms with Crippen molar-refractivity contribution in [1.82, 2.24) is 14.5 Å². The molecule has 0 saturated heterocycles. The summed E-state index contributed by atoms with van der Waals surface area (Å²) in [6, 6.07) is 25.9. The van der Waals surface area contributed by atoms with Gasteiger partial charge < -0.3 is 4.74 Å². The number of hydrogen-bond donors (Lipinski definition) is 0. The van der Waals surface area contributed by atoms with Crippen LogP contribution in [0.3, 0.4) is 0 Å². The summed E-state index contributed by atoms with van der Waals surface area (Å²) in [6.07, 6.45) is 0.846. The van der Waals surface area contributed by atoms with Gasteiger partial charge in [-0.25, -0.2) is 4.98 Å². The fourth-order valence-electron chi connectivity index (χ4n) is 4.84. The van der Waals surface area contributed by atoms with Crippen LogP contribution in [-0.4, -0.2) is 28.1 Å². The van der Waals surface area contributed by atoms with Crippen molar-refractivity contribution < 1.29 is 4.74 Å². The molecule has 192 valence electrons. The zero-order valence-electron chi connectivity index (χ0n) is 20.9. The van der Waals surface area contributed by atoms with Crippen molar-refractivity contribution >= 4 is 44.9 Å². The van der Waals surface area contributed by atoms with Crippen molar-refractivity contribution in [1.29, 1.82) is 0 Å². The molecule has 0 atom stereocenters. The summed E-state index contributed by atoms with van der Waals surface area (Å²) >= 11 is 9.29. The van der Waals surface area contributed by atoms with Gasteiger partial charge in [0.2, 0.25) is 0 Å². The average Bonchev–Trinajstić information content (AvgIpc) is 3.31. The summed E-state index contributed by atoms with van der Waals surface area (Å²) in [7, 11) is 1.64. The molecule has 0 spiro atoms. The van der Waals surface area contributed by atoms with Crippen molar-refractivity contribution in [3.05, 3.63) is 116 Å². The number of halogens is 1. The van der Waals surface area contributed by atoms with Gasteiger partial charge in [0.25, 0.3) is 5.56 Å². The molecule has 3 aromatic carbocycles. The lowest BCUT2D eigenvalue weighted by Gasteiger charge is -2.26. The predicted octanol–water partition coefficient (Wildman–Crippen LogP) is 6.96. The van der Waals surface area contributed by atoms with Crippen molar-refractivity contribution in [2.45, 2.75) is 30.4 Å². The minimum atomic E-state index is -0.00668. The monoisotopic (exact) mass is 559 g/mol. The lowest BCUT2D eigenvalue weighted by molar-refractivity contribution is 0.249. The molecule has 8 heteroatoms. The molecular formula is C30H26ClN3O2S2. The molecule has 0 radical (unpaired) electrons. The zero-order chi connectivity index (χ0) is 26.1. The Morgan fingerprint density at radius 1 is 1.00 bits per heavy atom. The van der Waals surface area contributed by atoms with E-state index in [-0.39, 0.29) is 5.56 Å². The third kappa shape index (κ3) is 5.12. The molecule has 0 aliphatic carbocycles. The number of thiophene rings is 1. The van der Waals surface area contributed by atoms with E-state index in [2.05, 4.69) is 29.2 Å². The van der Waals surface area contributed by atoms with Gasteiger partial charge in [-0.05, 0) is 59.5 Å². The van der Waals surface area contributed by atoms with Crippen LogP contribution in [0.15, 0.2) is 88.8 Å². The van der Waals surface area contributed by atoms with Crippen LogP contribution in [0.2, 0.25) is 5.02 Å². The van der Waals surface area contributed by atoms with Crippen LogP contribution in [0.1, 0.15) is 21.6 Å². The molecule has 3 heterocycles. The first-order valence-corrected chi connectivity index (χ1v) is 14.6. The molecule has 0 N–H and O–H groups in total. The molecule has 0 saturated carbocycles. The zero-order valence-corrected chi connectivity index (χ0v) is 23.3. The third-order valence-electron chi connectivity index (χ3n) is 6.78. The number of thioether (sulfide) groups is 1. The second kappa shape index (κ2) is 10.9. The Bertz CT molecular complexity index is 1630. The Kier molecular flexibility index (Phi) is 7.26. The Morgan fingerprint density at radius 2 is 1.76 bits per heavy atom. The second-order valence-corrected chi connectivity index (χ2v) is 11.7. The molecule has 0 unspecified atom stereocenters. The summed E-state index contributed by atoms with van der Waals surface area (Å²) in [5.74, 6) is 1.43. The van der Waals surface area contributed by atoms with E-state index >= 15 is 0 Å². The number of ether oxygens (including phenoxy) is 1. The molecule has 5 nitrogen and oxygen atoms in total. The van der Waals surface area contributed by atoms with Gasteiger partial charge in [-0.15, -0.1) is 11.3 Å². The minimum absolute atomic E-state index is 0.00668. The molecule has 1 aliphatic rings. The van der Waals surface area contributed by atoms with Crippen LogP contribution in [0.25, 0.3) is 15.9 Å². The van der Waals surface area contributed by atoms with Gasteiger partial charge in [-0.1, -0.05) is 65.8 Å². The molecular weight excluding hydrogens is 534 g/mol. The van der Waals surface area contributed by atoms with E-state index in [1.807, 2.05) is 54.6 Å². The van der Waals surface area contributed by atoms with Crippen LogP contribution < -0.4 is 10.3 Å². The molecule has 5 aromatic rings. The Morgan fingerprint density at radius 3 is 2.50 bits per heavy atom. The van der Waals surface area contributed by atoms with E-state index < -0.39 is 0 Å². The topological polar surface area (TPSA) is 47.4 Å². The highest BCUT2D eigenvalue weighted by molar-refractivity contribution is 7.98. The molecule has 0 fully saturated rings. The van der Waals surface area contributed by atoms with Crippen LogP contribution in [0, 0.1) is 0 Å². The van der Waals surface area contributed by atoms with E-state index in [0.29, 0.717) is 15.9 Å². The second-order valence-electron chi connectivity index (χ2n) is 9.28. The van der Waals surface area contributed by atoms with Gasteiger partial charge in [-0.3, -0.25) is 14.3 Å². The molecule has 0 bridgehead atoms. The van der Waals surface area contributed by atoms with E-state index in [4.69, 9.17) is 21.3 Å². The summed E-state index contributed by atoms with van der Waals surface area (Å²) in [5, 5.41) is 2.15. The maximum absolute atomic E-state index is 14.1. The first-order valence-electron chi connectivity index (χ1n) is 12.4. The van der Waals surface area contributed by atoms with Crippen molar-refractivity contribution in [3.8, 4) is 11.4 Å². The van der Waals surface area contributed by atoms with Crippen molar-refractivity contribution in [2.24, 2.45) is 0 Å². The van der Waals surface area contributed by atoms with Crippen molar-refractivity contribution in [3.63, 3.8) is 0 Å². The van der Waals surface area contributed by atoms with Gasteiger partial charge in [-0.2, -0.15) is 0 Å². The van der Waals surface area contributed by atoms with Gasteiger partial charge in [0.1, 0.15) is 10.6 Å². The number of aromatic nitrogens is 2. The van der Waals surface area contributed by atoms with Crippen LogP contribution in [0.5, 0.6) is 5.75 Å². The predicted molar refractivity (Wildman–Crippen MR) is 157 cm³/mol. The highest BCUT2D eigenvalue weighted by Gasteiger charge is 2.26. The summed E-state index contributed by atoms with van der Waals surface area (Å²) < 4.78 is 7.10. The normalized spacial score (nSPS) is 13.5. The van der Waals surface area contributed by atoms with Crippen LogP contribution >= 0.6 is 34.7 Å².